The van der Waals surface area contributed by atoms with E-state index in [1.807, 2.05) is 36.1 Å². The molecule has 1 aliphatic carbocycles. The number of morpholine rings is 1. The number of ether oxygens (including phenoxy) is 3. The van der Waals surface area contributed by atoms with Gasteiger partial charge in [-0.1, -0.05) is 43.2 Å². The molecule has 3 aromatic carbocycles. The molecule has 19 heteroatoms. The van der Waals surface area contributed by atoms with E-state index >= 15 is 8.42 Å². The van der Waals surface area contributed by atoms with Crippen molar-refractivity contribution in [2.75, 3.05) is 80.7 Å². The van der Waals surface area contributed by atoms with Gasteiger partial charge in [0.2, 0.25) is 15.7 Å². The van der Waals surface area contributed by atoms with Gasteiger partial charge >= 0.3 is 0 Å². The molecule has 3 saturated heterocycles. The fourth-order valence-corrected chi connectivity index (χ4v) is 13.1. The van der Waals surface area contributed by atoms with Gasteiger partial charge in [-0.15, -0.1) is 0 Å². The van der Waals surface area contributed by atoms with Crippen molar-refractivity contribution >= 4 is 72.4 Å². The van der Waals surface area contributed by atoms with Crippen LogP contribution in [0.1, 0.15) is 62.4 Å². The van der Waals surface area contributed by atoms with Crippen LogP contribution in [0.4, 0.5) is 28.4 Å². The summed E-state index contributed by atoms with van der Waals surface area (Å²) in [5.74, 6) is -0.550. The van der Waals surface area contributed by atoms with Gasteiger partial charge in [0.25, 0.3) is 11.6 Å². The van der Waals surface area contributed by atoms with E-state index in [-0.39, 0.29) is 75.1 Å². The Kier molecular flexibility index (Phi) is 11.5. The number of hydrogen-bond donors (Lipinski definition) is 3. The molecule has 1 amide bonds. The number of nitrogens with zero attached hydrogens (tertiary/aromatic N) is 6. The number of H-pyrrole nitrogens is 1. The van der Waals surface area contributed by atoms with Gasteiger partial charge < -0.3 is 40.0 Å². The number of halogens is 1. The lowest BCUT2D eigenvalue weighted by molar-refractivity contribution is -0.384. The van der Waals surface area contributed by atoms with E-state index in [4.69, 9.17) is 36.5 Å². The van der Waals surface area contributed by atoms with Crippen molar-refractivity contribution in [1.29, 1.82) is 0 Å². The first kappa shape index (κ1) is 45.5. The lowest BCUT2D eigenvalue weighted by Crippen LogP contribution is -2.47. The molecule has 0 spiro atoms. The van der Waals surface area contributed by atoms with Crippen LogP contribution in [0.15, 0.2) is 82.2 Å². The van der Waals surface area contributed by atoms with E-state index in [1.54, 1.807) is 23.2 Å². The average molecular weight is 979 g/mol. The van der Waals surface area contributed by atoms with Crippen LogP contribution in [0.3, 0.4) is 0 Å². The number of sulfone groups is 1. The molecule has 3 fully saturated rings. The summed E-state index contributed by atoms with van der Waals surface area (Å²) in [6, 6.07) is 17.4. The molecular weight excluding hydrogens is 922 g/mol. The number of likely N-dealkylation sites (tertiary alicyclic amines) is 1. The normalized spacial score (nSPS) is 23.6. The van der Waals surface area contributed by atoms with Crippen LogP contribution in [-0.2, 0) is 14.6 Å². The molecule has 17 nitrogen and oxygen atoms in total. The van der Waals surface area contributed by atoms with Crippen molar-refractivity contribution in [1.82, 2.24) is 19.8 Å². The largest absolute Gasteiger partial charge is 0.489 e. The Hall–Kier alpha value is -5.92. The maximum absolute atomic E-state index is 15.9. The second kappa shape index (κ2) is 17.5. The fraction of sp³-hybridized carbons (Fsp3) is 0.440. The second-order valence-corrected chi connectivity index (χ2v) is 22.5. The minimum Gasteiger partial charge on any atom is -0.489 e. The predicted molar refractivity (Wildman–Crippen MR) is 264 cm³/mol. The van der Waals surface area contributed by atoms with Crippen molar-refractivity contribution in [3.8, 4) is 11.6 Å². The minimum atomic E-state index is -4.75. The number of benzene rings is 3. The molecule has 0 saturated carbocycles. The lowest BCUT2D eigenvalue weighted by Gasteiger charge is -2.41. The molecule has 2 aromatic heterocycles. The van der Waals surface area contributed by atoms with Crippen molar-refractivity contribution in [2.24, 2.45) is 11.1 Å². The third-order valence-electron chi connectivity index (χ3n) is 14.8. The zero-order chi connectivity index (χ0) is 47.9. The topological polar surface area (TPSA) is 202 Å². The number of nitro benzene ring substituents is 1. The summed E-state index contributed by atoms with van der Waals surface area (Å²) >= 11 is 6.30. The number of anilines is 4. The standard InChI is InChI=1S/C50H56ClN9O8S/c1-29-23-59(42-18-31-11-13-53-48(31)55-49(42)68-29)45-38(47(52)61)8-9-40(57-16-14-56(15-17-57)24-32-10-12-50(2,3)22-39(32)30-4-6-33(51)7-5-30)46(45)69(64,65)37-20-41(60(62)63)44-43(21-37)67-27-34(54-44)25-58-26-36-19-35(58)28-66-36/h4-9,11,13,18,20-21,29,34-36,54H,10,12,14-17,19,22-28H2,1-3H3,(H2,52,61)(H,53,55)/t29-,34-,35+,36+/m1/s1. The van der Waals surface area contributed by atoms with Gasteiger partial charge in [0, 0.05) is 80.6 Å². The number of allylic oxidation sites excluding steroid dienone is 1. The first-order valence-electron chi connectivity index (χ1n) is 23.7. The van der Waals surface area contributed by atoms with E-state index in [9.17, 15) is 14.9 Å². The van der Waals surface area contributed by atoms with Gasteiger partial charge in [0.1, 0.15) is 28.9 Å². The van der Waals surface area contributed by atoms with E-state index in [0.29, 0.717) is 61.4 Å². The number of rotatable bonds is 11. The number of nitrogens with one attached hydrogen (secondary N) is 2. The molecule has 4 N–H and O–H groups in total. The molecule has 2 bridgehead atoms. The number of nitrogens with two attached hydrogens (primary N) is 1. The van der Waals surface area contributed by atoms with Crippen LogP contribution >= 0.6 is 11.6 Å². The number of aromatic amines is 1. The number of aromatic nitrogens is 2. The third-order valence-corrected chi connectivity index (χ3v) is 16.8. The first-order valence-corrected chi connectivity index (χ1v) is 25.6. The number of carbonyl (C=O) groups is 1. The molecule has 0 radical (unpaired) electrons. The predicted octanol–water partition coefficient (Wildman–Crippen LogP) is 7.41. The van der Waals surface area contributed by atoms with Crippen molar-refractivity contribution < 1.29 is 32.3 Å². The zero-order valence-corrected chi connectivity index (χ0v) is 40.4. The van der Waals surface area contributed by atoms with Crippen molar-refractivity contribution in [3.05, 3.63) is 98.7 Å². The Bertz CT molecular complexity index is 3030. The number of piperazine rings is 1. The summed E-state index contributed by atoms with van der Waals surface area (Å²) in [6.45, 7) is 11.7. The van der Waals surface area contributed by atoms with Crippen molar-refractivity contribution in [2.45, 2.75) is 80.5 Å². The molecule has 69 heavy (non-hydrogen) atoms. The highest BCUT2D eigenvalue weighted by molar-refractivity contribution is 7.91. The monoisotopic (exact) mass is 977 g/mol. The molecule has 5 aliphatic heterocycles. The van der Waals surface area contributed by atoms with Crippen LogP contribution in [0.5, 0.6) is 11.6 Å². The Balaban J connectivity index is 0.991. The number of hydrogen-bond acceptors (Lipinski definition) is 14. The Labute approximate surface area is 405 Å². The van der Waals surface area contributed by atoms with E-state index < -0.39 is 32.5 Å². The Morgan fingerprint density at radius 3 is 2.55 bits per heavy atom. The number of primary amides is 1. The van der Waals surface area contributed by atoms with Gasteiger partial charge in [-0.25, -0.2) is 8.42 Å². The van der Waals surface area contributed by atoms with Crippen LogP contribution in [0.2, 0.25) is 5.02 Å². The third kappa shape index (κ3) is 8.53. The van der Waals surface area contributed by atoms with Crippen LogP contribution in [0.25, 0.3) is 16.6 Å². The summed E-state index contributed by atoms with van der Waals surface area (Å²) < 4.78 is 50.1. The van der Waals surface area contributed by atoms with Crippen LogP contribution < -0.4 is 30.3 Å². The number of carbonyl (C=O) groups excluding carboxylic acids is 1. The molecule has 6 aliphatic rings. The zero-order valence-electron chi connectivity index (χ0n) is 38.9. The highest BCUT2D eigenvalue weighted by Gasteiger charge is 2.43. The Morgan fingerprint density at radius 1 is 1.03 bits per heavy atom. The second-order valence-electron chi connectivity index (χ2n) is 20.2. The maximum atomic E-state index is 15.9. The number of nitro groups is 1. The number of pyridine rings is 1. The van der Waals surface area contributed by atoms with Gasteiger partial charge in [0.15, 0.2) is 11.4 Å². The highest BCUT2D eigenvalue weighted by Crippen LogP contribution is 2.50. The summed E-state index contributed by atoms with van der Waals surface area (Å²) in [5.41, 5.74) is 11.3. The van der Waals surface area contributed by atoms with Gasteiger partial charge in [-0.05, 0) is 85.6 Å². The average Bonchev–Trinajstić information content (AvgIpc) is 4.09. The molecule has 362 valence electrons. The number of amides is 1. The summed E-state index contributed by atoms with van der Waals surface area (Å²) in [6.07, 6.45) is 5.37. The minimum absolute atomic E-state index is 0.0405. The smallest absolute Gasteiger partial charge is 0.297 e. The molecule has 4 atom stereocenters. The number of fused-ring (bicyclic) bond motifs is 5. The maximum Gasteiger partial charge on any atom is 0.297 e. The lowest BCUT2D eigenvalue weighted by atomic mass is 9.72. The molecular formula is C50H56ClN9O8S. The summed E-state index contributed by atoms with van der Waals surface area (Å²) in [5, 5.41) is 17.7. The highest BCUT2D eigenvalue weighted by atomic mass is 35.5. The molecule has 0 unspecified atom stereocenters. The van der Waals surface area contributed by atoms with E-state index in [2.05, 4.69) is 46.1 Å². The molecule has 7 heterocycles. The first-order chi connectivity index (χ1) is 33.1. The fourth-order valence-electron chi connectivity index (χ4n) is 11.2. The van der Waals surface area contributed by atoms with Crippen LogP contribution in [-0.4, -0.2) is 129 Å². The van der Waals surface area contributed by atoms with Gasteiger partial charge in [0.05, 0.1) is 52.1 Å². The molecule has 11 rings (SSSR count). The van der Waals surface area contributed by atoms with Crippen molar-refractivity contribution in [3.63, 3.8) is 0 Å². The van der Waals surface area contributed by atoms with E-state index in [1.165, 1.54) is 22.8 Å². The summed E-state index contributed by atoms with van der Waals surface area (Å²) in [7, 11) is -4.75. The van der Waals surface area contributed by atoms with Gasteiger partial charge in [-0.2, -0.15) is 4.98 Å². The quantitative estimate of drug-likeness (QED) is 0.0873. The molecule has 5 aromatic rings. The Morgan fingerprint density at radius 2 is 1.83 bits per heavy atom. The van der Waals surface area contributed by atoms with Crippen LogP contribution in [0, 0.1) is 15.5 Å². The van der Waals surface area contributed by atoms with E-state index in [0.717, 1.165) is 50.2 Å². The summed E-state index contributed by atoms with van der Waals surface area (Å²) in [4.78, 5) is 41.8. The SMILES string of the molecule is C[C@@H]1CN(c2c(C(N)=O)ccc(N3CCN(CC4=C(c5ccc(Cl)cc5)CC(C)(C)CC4)CC3)c2S(=O)(=O)c2cc3c(c([N+](=O)[O-])c2)N[C@H](CN2C[C@@H]4C[C@H]2CO4)CO3)c2cc3cc[nH]c3nc2O1. The van der Waals surface area contributed by atoms with Gasteiger partial charge in [-0.3, -0.25) is 24.7 Å².